The van der Waals surface area contributed by atoms with Crippen LogP contribution in [0.15, 0.2) is 53.4 Å². The van der Waals surface area contributed by atoms with Gasteiger partial charge in [0, 0.05) is 42.2 Å². The zero-order valence-corrected chi connectivity index (χ0v) is 53.2. The maximum atomic E-state index is 11.3. The molecule has 4 N–H and O–H groups in total. The summed E-state index contributed by atoms with van der Waals surface area (Å²) in [7, 11) is -7.98. The van der Waals surface area contributed by atoms with E-state index in [1.54, 1.807) is 0 Å². The van der Waals surface area contributed by atoms with Gasteiger partial charge in [-0.1, -0.05) is 84.5 Å². The van der Waals surface area contributed by atoms with Gasteiger partial charge < -0.3 is 50.4 Å². The second kappa shape index (κ2) is 35.4. The average Bonchev–Trinajstić information content (AvgIpc) is 4.35. The fourth-order valence-electron chi connectivity index (χ4n) is 10.2. The molecule has 2 aromatic carbocycles. The summed E-state index contributed by atoms with van der Waals surface area (Å²) in [5.74, 6) is 3.61. The smallest absolute Gasteiger partial charge is 0.746 e. The third kappa shape index (κ3) is 19.4. The minimum atomic E-state index is -4.64. The SMILES string of the molecule is C.C.C.C.C1CCC2=C(C1)c1nc2nc2[n-]c(nc3nc(nc4[n-]c(n1)c1c4CCCC1)C1=C3CCCC1)c1c2CCCC1.CC.CS(=O)(=O)NCCNc1nc(NCc2ccccc2)nc(Nc2[c-]ccc(S(=O)(=O)[O-])c2)n1.O=S=O.[Cu+2].[Na+].[Na+]. The number of anilines is 4. The normalized spacial score (nSPS) is 14.3. The Kier molecular flexibility index (Phi) is 31.8. The molecule has 2 aliphatic heterocycles. The van der Waals surface area contributed by atoms with Gasteiger partial charge in [0.05, 0.1) is 29.6 Å². The standard InChI is InChI=1S/C32H32N8.C19H22N7O5S2.C2H6.4CH4.Cu.2Na.O2S/c1-2-10-18-17(9-1)25-33-26(18)38-28-21-13-5-6-14-22(21)30(35-28)40-32-24-16-8-7-15-23(24)31(36-32)39-29-20-12-4-3-11-19(20)27(34-29)37-25;1-32(27,28)22-11-10-20-17-24-18(21-13-14-6-3-2-4-7-14)26-19(25-17)23-15-8-5-9-16(12-15)33(29,30)31;1-2;;;;;;;;1-3-2/h1-16H2;2-7,9,12,22H,10-11,13H2,1H3,(H,29,30,31)(H3,20,21,23,24,25,26);1-2H3;4*1H4;;;;/q-2;-1;;;;;;+2;2*+1;/p-1. The van der Waals surface area contributed by atoms with Crippen LogP contribution < -0.4 is 89.8 Å². The number of benzene rings is 2. The van der Waals surface area contributed by atoms with Gasteiger partial charge in [0.25, 0.3) is 0 Å². The van der Waals surface area contributed by atoms with Crippen LogP contribution >= 0.6 is 0 Å². The molecule has 1 radical (unpaired) electrons. The molecule has 22 nitrogen and oxygen atoms in total. The topological polar surface area (TPSA) is 318 Å². The molecule has 6 aliphatic rings. The van der Waals surface area contributed by atoms with Crippen molar-refractivity contribution in [2.45, 2.75) is 158 Å². The van der Waals surface area contributed by atoms with Crippen molar-refractivity contribution in [3.8, 4) is 0 Å². The van der Waals surface area contributed by atoms with Crippen molar-refractivity contribution in [2.24, 2.45) is 0 Å². The van der Waals surface area contributed by atoms with Gasteiger partial charge in [0.2, 0.25) is 27.9 Å². The molecule has 6 heterocycles. The summed E-state index contributed by atoms with van der Waals surface area (Å²) in [5.41, 5.74) is 14.4. The summed E-state index contributed by atoms with van der Waals surface area (Å²) in [6, 6.07) is 15.8. The number of aryl methyl sites for hydroxylation is 4. The van der Waals surface area contributed by atoms with E-state index in [-0.39, 0.29) is 143 Å². The molecule has 0 saturated carbocycles. The summed E-state index contributed by atoms with van der Waals surface area (Å²) in [4.78, 5) is 53.3. The Bertz CT molecular complexity index is 3480. The molecule has 12 rings (SSSR count). The van der Waals surface area contributed by atoms with Gasteiger partial charge >= 0.3 is 87.8 Å². The van der Waals surface area contributed by atoms with Gasteiger partial charge in [0.15, 0.2) is 0 Å². The van der Waals surface area contributed by atoms with Gasteiger partial charge in [-0.05, 0) is 153 Å². The van der Waals surface area contributed by atoms with Gasteiger partial charge in [-0.25, -0.2) is 31.5 Å². The van der Waals surface area contributed by atoms with E-state index in [4.69, 9.17) is 48.3 Å². The molecule has 4 aliphatic carbocycles. The summed E-state index contributed by atoms with van der Waals surface area (Å²) < 4.78 is 75.2. The van der Waals surface area contributed by atoms with E-state index in [0.717, 1.165) is 173 Å². The molecule has 85 heavy (non-hydrogen) atoms. The van der Waals surface area contributed by atoms with E-state index in [1.807, 2.05) is 44.2 Å². The van der Waals surface area contributed by atoms with Crippen LogP contribution in [0.3, 0.4) is 0 Å². The summed E-state index contributed by atoms with van der Waals surface area (Å²) in [6.07, 6.45) is 18.3. The van der Waals surface area contributed by atoms with Crippen LogP contribution in [0.25, 0.3) is 44.9 Å². The van der Waals surface area contributed by atoms with Crippen LogP contribution in [-0.4, -0.2) is 94.0 Å². The number of aromatic nitrogens is 11. The molecule has 0 saturated heterocycles. The summed E-state index contributed by atoms with van der Waals surface area (Å²) in [5, 5.41) is 8.76. The second-order valence-electron chi connectivity index (χ2n) is 19.0. The zero-order chi connectivity index (χ0) is 54.8. The summed E-state index contributed by atoms with van der Waals surface area (Å²) in [6.45, 7) is 4.73. The number of fused-ring (bicyclic) bond motifs is 18. The van der Waals surface area contributed by atoms with E-state index in [9.17, 15) is 21.4 Å². The number of nitrogens with one attached hydrogen (secondary N) is 4. The minimum Gasteiger partial charge on any atom is -0.746 e. The second-order valence-corrected chi connectivity index (χ2v) is 22.3. The van der Waals surface area contributed by atoms with E-state index in [0.29, 0.717) is 6.54 Å². The molecule has 28 heteroatoms. The fraction of sp³-hybridized carbons (Fsp3) is 0.456. The molecule has 8 bridgehead atoms. The predicted molar refractivity (Wildman–Crippen MR) is 323 cm³/mol. The Morgan fingerprint density at radius 3 is 1.31 bits per heavy atom. The minimum absolute atomic E-state index is 0. The first kappa shape index (κ1) is 76.4. The molecule has 0 unspecified atom stereocenters. The molecule has 6 aromatic rings. The van der Waals surface area contributed by atoms with Crippen molar-refractivity contribution in [3.05, 3.63) is 106 Å². The predicted octanol–water partition coefficient (Wildman–Crippen LogP) is 3.68. The maximum Gasteiger partial charge on any atom is 2.00 e. The van der Waals surface area contributed by atoms with Crippen molar-refractivity contribution >= 4 is 100 Å². The van der Waals surface area contributed by atoms with Crippen LogP contribution in [0.1, 0.15) is 172 Å². The molecule has 0 atom stereocenters. The Hall–Kier alpha value is -4.67. The van der Waals surface area contributed by atoms with Crippen LogP contribution in [0.2, 0.25) is 0 Å². The molecule has 0 amide bonds. The Morgan fingerprint density at radius 1 is 0.541 bits per heavy atom. The van der Waals surface area contributed by atoms with Crippen molar-refractivity contribution in [2.75, 3.05) is 35.3 Å². The largest absolute Gasteiger partial charge is 2.00 e. The van der Waals surface area contributed by atoms with Crippen molar-refractivity contribution in [3.63, 3.8) is 0 Å². The molecule has 0 spiro atoms. The van der Waals surface area contributed by atoms with Crippen molar-refractivity contribution in [1.29, 1.82) is 0 Å². The van der Waals surface area contributed by atoms with Gasteiger partial charge in [0.1, 0.15) is 10.1 Å². The Labute approximate surface area is 559 Å². The number of rotatable bonds is 11. The number of hydrogen-bond donors (Lipinski definition) is 4. The third-order valence-corrected chi connectivity index (χ3v) is 15.3. The van der Waals surface area contributed by atoms with Crippen LogP contribution in [0.4, 0.5) is 23.5 Å². The van der Waals surface area contributed by atoms with E-state index in [2.05, 4.69) is 41.7 Å². The molecular formula is C57H75CuN15Na2O7S3. The molecule has 451 valence electrons. The van der Waals surface area contributed by atoms with Gasteiger partial charge in [-0.15, -0.1) is 6.07 Å². The van der Waals surface area contributed by atoms with Crippen molar-refractivity contribution in [1.82, 2.24) is 59.5 Å². The molecular weight excluding hydrogens is 1210 g/mol. The zero-order valence-electron chi connectivity index (χ0n) is 45.9. The third-order valence-electron chi connectivity index (χ3n) is 13.7. The van der Waals surface area contributed by atoms with Crippen LogP contribution in [0.5, 0.6) is 0 Å². The maximum absolute atomic E-state index is 11.3. The number of nitrogens with zero attached hydrogens (tertiary/aromatic N) is 11. The summed E-state index contributed by atoms with van der Waals surface area (Å²) >= 11 is -0.750. The first-order chi connectivity index (χ1) is 37.8. The average molecular weight is 1290 g/mol. The fourth-order valence-corrected chi connectivity index (χ4v) is 11.2. The Morgan fingerprint density at radius 2 is 0.918 bits per heavy atom. The van der Waals surface area contributed by atoms with Gasteiger partial charge in [-0.3, -0.25) is 0 Å². The molecule has 4 aromatic heterocycles. The van der Waals surface area contributed by atoms with Crippen LogP contribution in [0, 0.1) is 6.07 Å². The monoisotopic (exact) mass is 1290 g/mol. The van der Waals surface area contributed by atoms with Crippen LogP contribution in [-0.2, 0) is 81.0 Å². The Balaban J connectivity index is 0.000000509. The van der Waals surface area contributed by atoms with Crippen molar-refractivity contribution < 1.29 is 106 Å². The first-order valence-electron chi connectivity index (χ1n) is 26.3. The van der Waals surface area contributed by atoms with E-state index >= 15 is 0 Å². The van der Waals surface area contributed by atoms with E-state index < -0.39 is 36.6 Å². The molecule has 0 fully saturated rings. The number of hydrogen-bond acceptors (Lipinski definition) is 19. The van der Waals surface area contributed by atoms with E-state index in [1.165, 1.54) is 50.6 Å². The number of allylic oxidation sites excluding steroid dienone is 4. The quantitative estimate of drug-likeness (QED) is 0.0622. The number of sulfonamides is 1. The first-order valence-corrected chi connectivity index (χ1v) is 30.3. The van der Waals surface area contributed by atoms with Gasteiger partial charge in [-0.2, -0.15) is 41.6 Å².